The van der Waals surface area contributed by atoms with Crippen LogP contribution in [0.2, 0.25) is 5.02 Å². The fourth-order valence-corrected chi connectivity index (χ4v) is 5.92. The smallest absolute Gasteiger partial charge is 0.319 e. The lowest BCUT2D eigenvalue weighted by Gasteiger charge is -2.29. The van der Waals surface area contributed by atoms with Gasteiger partial charge in [0.15, 0.2) is 6.29 Å². The highest BCUT2D eigenvalue weighted by Gasteiger charge is 2.39. The molecule has 3 N–H and O–H groups in total. The summed E-state index contributed by atoms with van der Waals surface area (Å²) in [6.07, 6.45) is 0.705. The predicted molar refractivity (Wildman–Crippen MR) is 196 cm³/mol. The third-order valence-electron chi connectivity index (χ3n) is 8.43. The molecule has 1 saturated heterocycles. The standard InChI is InChI=1S/C37H51ClN4O12/c1-47-34(48-2)25-54-18-17-53-16-15-52-14-13-51-12-11-50-10-9-49-8-7-26-20-29(38)22-30(21-26)40-37(46)39-23-27-3-4-31-28(19-27)24-42(36(31)45)32-5-6-33(43)41-35(32)44/h3-4,19-22,32,34H,5-18,23-25H2,1-2H3,(H2,39,40,46)(H,41,43,44). The van der Waals surface area contributed by atoms with Crippen molar-refractivity contribution in [1.29, 1.82) is 0 Å². The number of anilines is 1. The van der Waals surface area contributed by atoms with Gasteiger partial charge in [-0.25, -0.2) is 4.79 Å². The van der Waals surface area contributed by atoms with E-state index in [9.17, 15) is 19.2 Å². The zero-order valence-corrected chi connectivity index (χ0v) is 31.6. The van der Waals surface area contributed by atoms with Crippen LogP contribution in [0.3, 0.4) is 0 Å². The molecule has 54 heavy (non-hydrogen) atoms. The number of hydrogen-bond donors (Lipinski definition) is 3. The molecule has 4 rings (SSSR count). The molecule has 17 heteroatoms. The average Bonchev–Trinajstić information content (AvgIpc) is 3.47. The van der Waals surface area contributed by atoms with Gasteiger partial charge in [0.05, 0.1) is 79.3 Å². The minimum Gasteiger partial charge on any atom is -0.379 e. The highest BCUT2D eigenvalue weighted by Crippen LogP contribution is 2.28. The van der Waals surface area contributed by atoms with Crippen molar-refractivity contribution >= 4 is 41.0 Å². The van der Waals surface area contributed by atoms with E-state index in [-0.39, 0.29) is 37.6 Å². The van der Waals surface area contributed by atoms with Gasteiger partial charge in [-0.3, -0.25) is 19.7 Å². The van der Waals surface area contributed by atoms with Crippen molar-refractivity contribution in [2.75, 3.05) is 98.8 Å². The third kappa shape index (κ3) is 14.8. The number of nitrogens with zero attached hydrogens (tertiary/aromatic N) is 1. The molecule has 5 amide bonds. The van der Waals surface area contributed by atoms with Gasteiger partial charge in [0.1, 0.15) is 6.04 Å². The maximum atomic E-state index is 12.9. The van der Waals surface area contributed by atoms with E-state index >= 15 is 0 Å². The maximum absolute atomic E-state index is 12.9. The van der Waals surface area contributed by atoms with Crippen molar-refractivity contribution in [3.8, 4) is 0 Å². The molecule has 0 saturated carbocycles. The van der Waals surface area contributed by atoms with Gasteiger partial charge in [-0.15, -0.1) is 0 Å². The van der Waals surface area contributed by atoms with Crippen LogP contribution in [0.15, 0.2) is 36.4 Å². The highest BCUT2D eigenvalue weighted by molar-refractivity contribution is 6.31. The number of rotatable bonds is 26. The van der Waals surface area contributed by atoms with E-state index in [1.807, 2.05) is 18.2 Å². The number of carbonyl (C=O) groups excluding carboxylic acids is 4. The van der Waals surface area contributed by atoms with E-state index in [0.717, 1.165) is 16.7 Å². The van der Waals surface area contributed by atoms with Crippen molar-refractivity contribution in [2.24, 2.45) is 0 Å². The zero-order valence-electron chi connectivity index (χ0n) is 30.9. The quantitative estimate of drug-likeness (QED) is 0.0723. The van der Waals surface area contributed by atoms with E-state index in [1.165, 1.54) is 4.90 Å². The molecule has 0 bridgehead atoms. The fraction of sp³-hybridized carbons (Fsp3) is 0.568. The summed E-state index contributed by atoms with van der Waals surface area (Å²) in [5.74, 6) is -1.03. The Morgan fingerprint density at radius 1 is 0.815 bits per heavy atom. The lowest BCUT2D eigenvalue weighted by Crippen LogP contribution is -2.52. The van der Waals surface area contributed by atoms with E-state index in [2.05, 4.69) is 16.0 Å². The van der Waals surface area contributed by atoms with Crippen molar-refractivity contribution < 1.29 is 57.1 Å². The first kappa shape index (κ1) is 43.0. The molecular weight excluding hydrogens is 728 g/mol. The summed E-state index contributed by atoms with van der Waals surface area (Å²) in [5.41, 5.74) is 3.51. The summed E-state index contributed by atoms with van der Waals surface area (Å²) in [7, 11) is 3.12. The number of hydrogen-bond acceptors (Lipinski definition) is 12. The summed E-state index contributed by atoms with van der Waals surface area (Å²) < 4.78 is 43.1. The Morgan fingerprint density at radius 3 is 2.04 bits per heavy atom. The molecule has 298 valence electrons. The van der Waals surface area contributed by atoms with Crippen LogP contribution in [0.25, 0.3) is 0 Å². The monoisotopic (exact) mass is 778 g/mol. The largest absolute Gasteiger partial charge is 0.379 e. The Bertz CT molecular complexity index is 1510. The number of amides is 5. The summed E-state index contributed by atoms with van der Waals surface area (Å²) in [6, 6.07) is 9.53. The Labute approximate surface area is 320 Å². The minimum absolute atomic E-state index is 0.193. The van der Waals surface area contributed by atoms with Crippen molar-refractivity contribution in [2.45, 2.75) is 44.7 Å². The Kier molecular flexibility index (Phi) is 19.1. The molecule has 0 aromatic heterocycles. The number of benzene rings is 2. The van der Waals surface area contributed by atoms with E-state index in [4.69, 9.17) is 49.5 Å². The highest BCUT2D eigenvalue weighted by atomic mass is 35.5. The topological polar surface area (TPSA) is 181 Å². The minimum atomic E-state index is -0.681. The van der Waals surface area contributed by atoms with Gasteiger partial charge < -0.3 is 53.4 Å². The molecule has 2 aliphatic rings. The van der Waals surface area contributed by atoms with Crippen LogP contribution < -0.4 is 16.0 Å². The number of fused-ring (bicyclic) bond motifs is 1. The molecule has 0 radical (unpaired) electrons. The van der Waals surface area contributed by atoms with Crippen LogP contribution in [0.5, 0.6) is 0 Å². The number of imide groups is 1. The van der Waals surface area contributed by atoms with Gasteiger partial charge in [0.25, 0.3) is 5.91 Å². The molecule has 2 heterocycles. The van der Waals surface area contributed by atoms with Gasteiger partial charge in [-0.2, -0.15) is 0 Å². The second-order valence-electron chi connectivity index (χ2n) is 12.3. The number of ether oxygens (including phenoxy) is 8. The molecule has 0 spiro atoms. The summed E-state index contributed by atoms with van der Waals surface area (Å²) >= 11 is 6.32. The molecule has 2 aromatic carbocycles. The first-order valence-corrected chi connectivity index (χ1v) is 18.3. The van der Waals surface area contributed by atoms with Crippen LogP contribution in [0, 0.1) is 0 Å². The van der Waals surface area contributed by atoms with Crippen molar-refractivity contribution in [1.82, 2.24) is 15.5 Å². The normalized spacial score (nSPS) is 15.5. The van der Waals surface area contributed by atoms with Gasteiger partial charge in [0, 0.05) is 50.0 Å². The van der Waals surface area contributed by atoms with Gasteiger partial charge >= 0.3 is 6.03 Å². The maximum Gasteiger partial charge on any atom is 0.319 e. The second-order valence-corrected chi connectivity index (χ2v) is 12.8. The van der Waals surface area contributed by atoms with Gasteiger partial charge in [-0.05, 0) is 53.8 Å². The number of urea groups is 1. The third-order valence-corrected chi connectivity index (χ3v) is 8.65. The SMILES string of the molecule is COC(COCCOCCOCCOCCOCCOCCc1cc(Cl)cc(NC(=O)NCc2ccc3c(c2)CN(C2CCC(=O)NC2=O)C3=O)c1)OC. The number of carbonyl (C=O) groups is 4. The predicted octanol–water partition coefficient (Wildman–Crippen LogP) is 2.68. The Hall–Kier alpha value is -3.71. The second kappa shape index (κ2) is 23.9. The van der Waals surface area contributed by atoms with Crippen LogP contribution >= 0.6 is 11.6 Å². The van der Waals surface area contributed by atoms with Crippen LogP contribution in [-0.4, -0.2) is 134 Å². The average molecular weight is 779 g/mol. The fourth-order valence-electron chi connectivity index (χ4n) is 5.66. The number of nitrogens with one attached hydrogen (secondary N) is 3. The lowest BCUT2D eigenvalue weighted by atomic mass is 10.0. The molecule has 2 aromatic rings. The molecule has 16 nitrogen and oxygen atoms in total. The number of piperidine rings is 1. The van der Waals surface area contributed by atoms with Crippen molar-refractivity contribution in [3.63, 3.8) is 0 Å². The van der Waals surface area contributed by atoms with E-state index in [1.54, 1.807) is 32.4 Å². The molecule has 0 aliphatic carbocycles. The first-order valence-electron chi connectivity index (χ1n) is 17.9. The zero-order chi connectivity index (χ0) is 38.5. The van der Waals surface area contributed by atoms with E-state index in [0.29, 0.717) is 108 Å². The summed E-state index contributed by atoms with van der Waals surface area (Å²) in [4.78, 5) is 51.0. The molecule has 1 atom stereocenters. The van der Waals surface area contributed by atoms with Crippen LogP contribution in [0.1, 0.15) is 39.9 Å². The van der Waals surface area contributed by atoms with Crippen LogP contribution in [0.4, 0.5) is 10.5 Å². The lowest BCUT2D eigenvalue weighted by molar-refractivity contribution is -0.143. The molecular formula is C37H51ClN4O12. The van der Waals surface area contributed by atoms with Crippen LogP contribution in [-0.2, 0) is 67.0 Å². The molecule has 1 unspecified atom stereocenters. The van der Waals surface area contributed by atoms with Gasteiger partial charge in [-0.1, -0.05) is 23.7 Å². The van der Waals surface area contributed by atoms with Crippen molar-refractivity contribution in [3.05, 3.63) is 63.7 Å². The number of halogens is 1. The summed E-state index contributed by atoms with van der Waals surface area (Å²) in [5, 5.41) is 8.42. The first-order chi connectivity index (χ1) is 26.3. The molecule has 2 aliphatic heterocycles. The van der Waals surface area contributed by atoms with Gasteiger partial charge in [0.2, 0.25) is 11.8 Å². The summed E-state index contributed by atoms with van der Waals surface area (Å²) in [6.45, 7) is 5.81. The number of methoxy groups -OCH3 is 2. The Morgan fingerprint density at radius 2 is 1.43 bits per heavy atom. The Balaban J connectivity index is 1.01. The molecule has 1 fully saturated rings. The van der Waals surface area contributed by atoms with E-state index < -0.39 is 18.0 Å².